The lowest BCUT2D eigenvalue weighted by Crippen LogP contribution is -2.29. The molecule has 0 fully saturated rings. The second kappa shape index (κ2) is 5.07. The molecule has 4 nitrogen and oxygen atoms in total. The summed E-state index contributed by atoms with van der Waals surface area (Å²) in [5.74, 6) is -0.0205. The van der Waals surface area contributed by atoms with Crippen LogP contribution in [0.3, 0.4) is 0 Å². The first kappa shape index (κ1) is 11.1. The number of aryl methyl sites for hydroxylation is 1. The molecule has 1 aromatic heterocycles. The normalized spacial score (nSPS) is 12.5. The van der Waals surface area contributed by atoms with Gasteiger partial charge in [-0.3, -0.25) is 4.79 Å². The van der Waals surface area contributed by atoms with Crippen LogP contribution >= 0.6 is 11.3 Å². The van der Waals surface area contributed by atoms with Gasteiger partial charge in [-0.05, 0) is 13.8 Å². The minimum absolute atomic E-state index is 0.0205. The van der Waals surface area contributed by atoms with Crippen LogP contribution in [0.5, 0.6) is 0 Å². The summed E-state index contributed by atoms with van der Waals surface area (Å²) in [5, 5.41) is 5.67. The fourth-order valence-electron chi connectivity index (χ4n) is 1.02. The lowest BCUT2D eigenvalue weighted by Gasteiger charge is -2.04. The summed E-state index contributed by atoms with van der Waals surface area (Å²) in [6, 6.07) is -0.0898. The number of hydrogen-bond donors (Lipinski definition) is 2. The van der Waals surface area contributed by atoms with Crippen LogP contribution in [0.15, 0.2) is 5.38 Å². The van der Waals surface area contributed by atoms with Gasteiger partial charge in [-0.25, -0.2) is 4.98 Å². The summed E-state index contributed by atoms with van der Waals surface area (Å²) in [5.41, 5.74) is 6.48. The Kier molecular flexibility index (Phi) is 4.03. The van der Waals surface area contributed by atoms with E-state index in [9.17, 15) is 4.79 Å². The standard InChI is InChI=1S/C9H15N3OS/c1-6(10)3-8(13)11-4-9-12-7(2)5-14-9/h5-6H,3-4,10H2,1-2H3,(H,11,13). The number of hydrogen-bond acceptors (Lipinski definition) is 4. The molecule has 0 aliphatic carbocycles. The first-order valence-corrected chi connectivity index (χ1v) is 5.39. The zero-order valence-corrected chi connectivity index (χ0v) is 9.23. The van der Waals surface area contributed by atoms with Gasteiger partial charge in [0.1, 0.15) is 5.01 Å². The van der Waals surface area contributed by atoms with Crippen LogP contribution in [-0.4, -0.2) is 16.9 Å². The Morgan fingerprint density at radius 3 is 3.00 bits per heavy atom. The highest BCUT2D eigenvalue weighted by atomic mass is 32.1. The molecule has 1 atom stereocenters. The van der Waals surface area contributed by atoms with E-state index < -0.39 is 0 Å². The van der Waals surface area contributed by atoms with Crippen molar-refractivity contribution in [3.8, 4) is 0 Å². The van der Waals surface area contributed by atoms with Gasteiger partial charge in [0.15, 0.2) is 0 Å². The van der Waals surface area contributed by atoms with Gasteiger partial charge < -0.3 is 11.1 Å². The lowest BCUT2D eigenvalue weighted by molar-refractivity contribution is -0.121. The molecule has 1 unspecified atom stereocenters. The molecule has 0 aromatic carbocycles. The summed E-state index contributed by atoms with van der Waals surface area (Å²) in [6.45, 7) is 4.25. The van der Waals surface area contributed by atoms with E-state index in [-0.39, 0.29) is 11.9 Å². The van der Waals surface area contributed by atoms with Crippen LogP contribution in [0, 0.1) is 6.92 Å². The SMILES string of the molecule is Cc1csc(CNC(=O)CC(C)N)n1. The number of carbonyl (C=O) groups excluding carboxylic acids is 1. The number of aromatic nitrogens is 1. The van der Waals surface area contributed by atoms with Crippen molar-refractivity contribution in [2.75, 3.05) is 0 Å². The molecule has 0 aliphatic rings. The second-order valence-electron chi connectivity index (χ2n) is 3.34. The Morgan fingerprint density at radius 1 is 1.79 bits per heavy atom. The van der Waals surface area contributed by atoms with Gasteiger partial charge in [-0.2, -0.15) is 0 Å². The molecule has 0 spiro atoms. The predicted molar refractivity (Wildman–Crippen MR) is 57.0 cm³/mol. The zero-order chi connectivity index (χ0) is 10.6. The molecule has 1 rings (SSSR count). The minimum Gasteiger partial charge on any atom is -0.350 e. The fourth-order valence-corrected chi connectivity index (χ4v) is 1.73. The molecule has 0 saturated carbocycles. The Labute approximate surface area is 87.5 Å². The smallest absolute Gasteiger partial charge is 0.221 e. The number of carbonyl (C=O) groups is 1. The maximum Gasteiger partial charge on any atom is 0.221 e. The van der Waals surface area contributed by atoms with Crippen LogP contribution in [0.1, 0.15) is 24.0 Å². The van der Waals surface area contributed by atoms with Crippen LogP contribution in [0.2, 0.25) is 0 Å². The average molecular weight is 213 g/mol. The van der Waals surface area contributed by atoms with Crippen LogP contribution in [-0.2, 0) is 11.3 Å². The molecular formula is C9H15N3OS. The summed E-state index contributed by atoms with van der Waals surface area (Å²) in [6.07, 6.45) is 0.365. The van der Waals surface area contributed by atoms with Crippen molar-refractivity contribution in [3.63, 3.8) is 0 Å². The molecule has 3 N–H and O–H groups in total. The second-order valence-corrected chi connectivity index (χ2v) is 4.28. The first-order chi connectivity index (χ1) is 6.58. The van der Waals surface area contributed by atoms with Crippen molar-refractivity contribution >= 4 is 17.2 Å². The highest BCUT2D eigenvalue weighted by Crippen LogP contribution is 2.07. The van der Waals surface area contributed by atoms with Crippen molar-refractivity contribution < 1.29 is 4.79 Å². The third kappa shape index (κ3) is 3.85. The Hall–Kier alpha value is -0.940. The molecule has 0 aliphatic heterocycles. The lowest BCUT2D eigenvalue weighted by atomic mass is 10.2. The molecule has 1 heterocycles. The first-order valence-electron chi connectivity index (χ1n) is 4.51. The van der Waals surface area contributed by atoms with Gasteiger partial charge in [0, 0.05) is 23.5 Å². The third-order valence-corrected chi connectivity index (χ3v) is 2.58. The predicted octanol–water partition coefficient (Wildman–Crippen LogP) is 0.805. The zero-order valence-electron chi connectivity index (χ0n) is 8.41. The molecule has 14 heavy (non-hydrogen) atoms. The van der Waals surface area contributed by atoms with Gasteiger partial charge in [0.05, 0.1) is 6.54 Å². The summed E-state index contributed by atoms with van der Waals surface area (Å²) in [4.78, 5) is 15.5. The highest BCUT2D eigenvalue weighted by Gasteiger charge is 2.05. The van der Waals surface area contributed by atoms with Crippen LogP contribution in [0.4, 0.5) is 0 Å². The Balaban J connectivity index is 2.30. The molecule has 78 valence electrons. The highest BCUT2D eigenvalue weighted by molar-refractivity contribution is 7.09. The van der Waals surface area contributed by atoms with E-state index in [1.165, 1.54) is 0 Å². The number of nitrogens with two attached hydrogens (primary N) is 1. The Morgan fingerprint density at radius 2 is 2.50 bits per heavy atom. The van der Waals surface area contributed by atoms with Crippen LogP contribution in [0.25, 0.3) is 0 Å². The van der Waals surface area contributed by atoms with Gasteiger partial charge >= 0.3 is 0 Å². The Bertz CT molecular complexity index is 309. The van der Waals surface area contributed by atoms with E-state index in [4.69, 9.17) is 5.73 Å². The van der Waals surface area contributed by atoms with Crippen molar-refractivity contribution in [2.24, 2.45) is 5.73 Å². The number of thiazole rings is 1. The van der Waals surface area contributed by atoms with Gasteiger partial charge in [-0.1, -0.05) is 0 Å². The third-order valence-electron chi connectivity index (χ3n) is 1.61. The largest absolute Gasteiger partial charge is 0.350 e. The number of amides is 1. The van der Waals surface area contributed by atoms with E-state index in [2.05, 4.69) is 10.3 Å². The molecule has 0 saturated heterocycles. The van der Waals surface area contributed by atoms with Crippen LogP contribution < -0.4 is 11.1 Å². The summed E-state index contributed by atoms with van der Waals surface area (Å²) in [7, 11) is 0. The molecular weight excluding hydrogens is 198 g/mol. The van der Waals surface area contributed by atoms with E-state index in [0.29, 0.717) is 13.0 Å². The van der Waals surface area contributed by atoms with Crippen molar-refractivity contribution in [2.45, 2.75) is 32.9 Å². The molecule has 5 heteroatoms. The summed E-state index contributed by atoms with van der Waals surface area (Å²) >= 11 is 1.55. The van der Waals surface area contributed by atoms with E-state index in [0.717, 1.165) is 10.7 Å². The van der Waals surface area contributed by atoms with E-state index in [1.54, 1.807) is 11.3 Å². The number of rotatable bonds is 4. The van der Waals surface area contributed by atoms with Gasteiger partial charge in [0.2, 0.25) is 5.91 Å². The minimum atomic E-state index is -0.0898. The van der Waals surface area contributed by atoms with Gasteiger partial charge in [0.25, 0.3) is 0 Å². The molecule has 0 bridgehead atoms. The number of nitrogens with zero attached hydrogens (tertiary/aromatic N) is 1. The topological polar surface area (TPSA) is 68.0 Å². The molecule has 0 radical (unpaired) electrons. The maximum atomic E-state index is 11.2. The maximum absolute atomic E-state index is 11.2. The van der Waals surface area contributed by atoms with E-state index >= 15 is 0 Å². The molecule has 1 aromatic rings. The number of nitrogens with one attached hydrogen (secondary N) is 1. The monoisotopic (exact) mass is 213 g/mol. The van der Waals surface area contributed by atoms with Crippen molar-refractivity contribution in [1.29, 1.82) is 0 Å². The quantitative estimate of drug-likeness (QED) is 0.777. The van der Waals surface area contributed by atoms with E-state index in [1.807, 2.05) is 19.2 Å². The van der Waals surface area contributed by atoms with Crippen molar-refractivity contribution in [3.05, 3.63) is 16.1 Å². The fraction of sp³-hybridized carbons (Fsp3) is 0.556. The average Bonchev–Trinajstić information content (AvgIpc) is 2.47. The van der Waals surface area contributed by atoms with Gasteiger partial charge in [-0.15, -0.1) is 11.3 Å². The van der Waals surface area contributed by atoms with Crippen molar-refractivity contribution in [1.82, 2.24) is 10.3 Å². The summed E-state index contributed by atoms with van der Waals surface area (Å²) < 4.78 is 0. The molecule has 1 amide bonds.